The van der Waals surface area contributed by atoms with E-state index in [1.54, 1.807) is 11.8 Å². The average Bonchev–Trinajstić information content (AvgIpc) is 2.92. The van der Waals surface area contributed by atoms with Crippen LogP contribution in [0.1, 0.15) is 23.0 Å². The molecule has 4 nitrogen and oxygen atoms in total. The molecule has 1 aromatic heterocycles. The molecule has 0 saturated heterocycles. The molecule has 0 fully saturated rings. The fourth-order valence-electron chi connectivity index (χ4n) is 2.52. The molecule has 2 unspecified atom stereocenters. The van der Waals surface area contributed by atoms with Crippen molar-refractivity contribution in [3.8, 4) is 0 Å². The van der Waals surface area contributed by atoms with E-state index in [9.17, 15) is 0 Å². The highest BCUT2D eigenvalue weighted by Crippen LogP contribution is 2.40. The summed E-state index contributed by atoms with van der Waals surface area (Å²) in [5.74, 6) is 0.869. The maximum Gasteiger partial charge on any atom is 0.208 e. The number of thioether (sulfide) groups is 1. The highest BCUT2D eigenvalue weighted by molar-refractivity contribution is 7.99. The van der Waals surface area contributed by atoms with Crippen molar-refractivity contribution in [3.63, 3.8) is 0 Å². The van der Waals surface area contributed by atoms with Crippen LogP contribution < -0.4 is 5.32 Å². The molecular weight excluding hydrogens is 244 g/mol. The fraction of sp³-hybridized carbons (Fsp3) is 0.385. The third-order valence-corrected chi connectivity index (χ3v) is 4.46. The third-order valence-electron chi connectivity index (χ3n) is 3.33. The van der Waals surface area contributed by atoms with E-state index in [0.717, 1.165) is 17.4 Å². The molecule has 2 aromatic rings. The Morgan fingerprint density at radius 2 is 2.22 bits per heavy atom. The lowest BCUT2D eigenvalue weighted by Crippen LogP contribution is -2.23. The van der Waals surface area contributed by atoms with Crippen LogP contribution in [0.5, 0.6) is 0 Å². The zero-order valence-corrected chi connectivity index (χ0v) is 11.3. The summed E-state index contributed by atoms with van der Waals surface area (Å²) in [4.78, 5) is 4.37. The molecule has 3 rings (SSSR count). The van der Waals surface area contributed by atoms with Crippen molar-refractivity contribution in [2.75, 3.05) is 7.05 Å². The monoisotopic (exact) mass is 260 g/mol. The molecule has 1 aromatic carbocycles. The number of aromatic amines is 1. The number of aryl methyl sites for hydroxylation is 1. The van der Waals surface area contributed by atoms with Crippen LogP contribution in [0.4, 0.5) is 0 Å². The smallest absolute Gasteiger partial charge is 0.208 e. The Balaban J connectivity index is 1.83. The lowest BCUT2D eigenvalue weighted by Gasteiger charge is -2.17. The van der Waals surface area contributed by atoms with E-state index in [2.05, 4.69) is 44.8 Å². The van der Waals surface area contributed by atoms with Gasteiger partial charge in [0.15, 0.2) is 0 Å². The third kappa shape index (κ3) is 2.04. The summed E-state index contributed by atoms with van der Waals surface area (Å²) in [7, 11) is 2.02. The Morgan fingerprint density at radius 1 is 1.39 bits per heavy atom. The molecule has 1 heterocycles. The fourth-order valence-corrected chi connectivity index (χ4v) is 3.76. The molecule has 18 heavy (non-hydrogen) atoms. The van der Waals surface area contributed by atoms with Gasteiger partial charge in [-0.05, 0) is 31.5 Å². The standard InChI is InChI=1S/C13H16N4S/c1-8-15-13(17-16-8)18-11-7-9-5-3-4-6-10(9)12(11)14-2/h3-6,11-12,14H,7H2,1-2H3,(H,15,16,17). The molecule has 5 heteroatoms. The first-order chi connectivity index (χ1) is 8.78. The van der Waals surface area contributed by atoms with Crippen LogP contribution in [-0.2, 0) is 6.42 Å². The van der Waals surface area contributed by atoms with Gasteiger partial charge in [0.05, 0.1) is 0 Å². The van der Waals surface area contributed by atoms with E-state index in [0.29, 0.717) is 11.3 Å². The van der Waals surface area contributed by atoms with Crippen LogP contribution in [-0.4, -0.2) is 27.5 Å². The van der Waals surface area contributed by atoms with Crippen LogP contribution in [0.25, 0.3) is 0 Å². The number of hydrogen-bond donors (Lipinski definition) is 2. The van der Waals surface area contributed by atoms with Gasteiger partial charge in [-0.2, -0.15) is 0 Å². The maximum atomic E-state index is 4.37. The first kappa shape index (κ1) is 11.7. The molecule has 94 valence electrons. The van der Waals surface area contributed by atoms with Crippen molar-refractivity contribution in [1.82, 2.24) is 20.5 Å². The maximum absolute atomic E-state index is 4.37. The van der Waals surface area contributed by atoms with Gasteiger partial charge in [-0.25, -0.2) is 4.98 Å². The van der Waals surface area contributed by atoms with E-state index in [-0.39, 0.29) is 0 Å². The van der Waals surface area contributed by atoms with Crippen molar-refractivity contribution in [2.45, 2.75) is 29.8 Å². The van der Waals surface area contributed by atoms with Crippen LogP contribution >= 0.6 is 11.8 Å². The summed E-state index contributed by atoms with van der Waals surface area (Å²) in [5.41, 5.74) is 2.84. The van der Waals surface area contributed by atoms with Crippen molar-refractivity contribution < 1.29 is 0 Å². The Morgan fingerprint density at radius 3 is 2.94 bits per heavy atom. The number of fused-ring (bicyclic) bond motifs is 1. The first-order valence-electron chi connectivity index (χ1n) is 6.08. The van der Waals surface area contributed by atoms with Crippen molar-refractivity contribution in [1.29, 1.82) is 0 Å². The summed E-state index contributed by atoms with van der Waals surface area (Å²) in [6.45, 7) is 1.93. The molecular formula is C13H16N4S. The van der Waals surface area contributed by atoms with E-state index in [4.69, 9.17) is 0 Å². The number of nitrogens with one attached hydrogen (secondary N) is 2. The number of aromatic nitrogens is 3. The topological polar surface area (TPSA) is 53.6 Å². The SMILES string of the molecule is CNC1c2ccccc2CC1Sc1n[nH]c(C)n1. The first-order valence-corrected chi connectivity index (χ1v) is 6.96. The zero-order chi connectivity index (χ0) is 12.5. The number of rotatable bonds is 3. The van der Waals surface area contributed by atoms with Gasteiger partial charge in [-0.15, -0.1) is 5.10 Å². The Hall–Kier alpha value is -1.33. The number of benzene rings is 1. The van der Waals surface area contributed by atoms with Crippen LogP contribution in [0, 0.1) is 6.92 Å². The van der Waals surface area contributed by atoms with E-state index in [1.165, 1.54) is 11.1 Å². The summed E-state index contributed by atoms with van der Waals surface area (Å²) < 4.78 is 0. The van der Waals surface area contributed by atoms with Gasteiger partial charge in [0.2, 0.25) is 5.16 Å². The molecule has 0 amide bonds. The van der Waals surface area contributed by atoms with Gasteiger partial charge in [0, 0.05) is 11.3 Å². The molecule has 0 radical (unpaired) electrons. The molecule has 2 atom stereocenters. The van der Waals surface area contributed by atoms with Gasteiger partial charge in [0.1, 0.15) is 5.82 Å². The van der Waals surface area contributed by atoms with Gasteiger partial charge in [0.25, 0.3) is 0 Å². The lowest BCUT2D eigenvalue weighted by atomic mass is 10.1. The molecule has 0 spiro atoms. The van der Waals surface area contributed by atoms with Gasteiger partial charge < -0.3 is 5.32 Å². The van der Waals surface area contributed by atoms with Crippen molar-refractivity contribution >= 4 is 11.8 Å². The van der Waals surface area contributed by atoms with Gasteiger partial charge in [-0.3, -0.25) is 5.10 Å². The molecule has 0 saturated carbocycles. The minimum absolute atomic E-state index is 0.380. The molecule has 0 aliphatic heterocycles. The number of H-pyrrole nitrogens is 1. The second kappa shape index (κ2) is 4.74. The van der Waals surface area contributed by atoms with Crippen molar-refractivity contribution in [3.05, 3.63) is 41.2 Å². The van der Waals surface area contributed by atoms with E-state index >= 15 is 0 Å². The Kier molecular flexibility index (Phi) is 3.09. The highest BCUT2D eigenvalue weighted by atomic mass is 32.2. The van der Waals surface area contributed by atoms with Gasteiger partial charge in [-0.1, -0.05) is 36.0 Å². The molecule has 1 aliphatic rings. The quantitative estimate of drug-likeness (QED) is 0.887. The Bertz CT molecular complexity index is 551. The molecule has 1 aliphatic carbocycles. The summed E-state index contributed by atoms with van der Waals surface area (Å²) in [6.07, 6.45) is 1.07. The zero-order valence-electron chi connectivity index (χ0n) is 10.5. The number of nitrogens with zero attached hydrogens (tertiary/aromatic N) is 2. The van der Waals surface area contributed by atoms with Crippen LogP contribution in [0.15, 0.2) is 29.4 Å². The lowest BCUT2D eigenvalue weighted by molar-refractivity contribution is 0.602. The summed E-state index contributed by atoms with van der Waals surface area (Å²) in [5, 5.41) is 11.8. The number of hydrogen-bond acceptors (Lipinski definition) is 4. The van der Waals surface area contributed by atoms with E-state index < -0.39 is 0 Å². The van der Waals surface area contributed by atoms with Crippen molar-refractivity contribution in [2.24, 2.45) is 0 Å². The average molecular weight is 260 g/mol. The predicted molar refractivity (Wildman–Crippen MR) is 72.7 cm³/mol. The molecule has 0 bridgehead atoms. The summed E-state index contributed by atoms with van der Waals surface area (Å²) in [6, 6.07) is 9.01. The largest absolute Gasteiger partial charge is 0.312 e. The minimum atomic E-state index is 0.380. The summed E-state index contributed by atoms with van der Waals surface area (Å²) >= 11 is 1.75. The normalized spacial score (nSPS) is 22.1. The van der Waals surface area contributed by atoms with Crippen LogP contribution in [0.3, 0.4) is 0 Å². The van der Waals surface area contributed by atoms with Gasteiger partial charge >= 0.3 is 0 Å². The molecule has 2 N–H and O–H groups in total. The predicted octanol–water partition coefficient (Wildman–Crippen LogP) is 2.09. The van der Waals surface area contributed by atoms with E-state index in [1.807, 2.05) is 14.0 Å². The Labute approximate surface area is 111 Å². The highest BCUT2D eigenvalue weighted by Gasteiger charge is 2.32. The second-order valence-corrected chi connectivity index (χ2v) is 5.74. The second-order valence-electron chi connectivity index (χ2n) is 4.53. The minimum Gasteiger partial charge on any atom is -0.312 e. The van der Waals surface area contributed by atoms with Crippen LogP contribution in [0.2, 0.25) is 0 Å².